The maximum atomic E-state index is 3.72. The van der Waals surface area contributed by atoms with Gasteiger partial charge in [0.2, 0.25) is 0 Å². The van der Waals surface area contributed by atoms with Crippen LogP contribution in [0.5, 0.6) is 0 Å². The van der Waals surface area contributed by atoms with Gasteiger partial charge in [0.25, 0.3) is 0 Å². The molecule has 104 valence electrons. The van der Waals surface area contributed by atoms with Crippen LogP contribution in [0.4, 0.5) is 0 Å². The molecule has 2 nitrogen and oxygen atoms in total. The smallest absolute Gasteiger partial charge is 0.0127 e. The molecule has 1 saturated carbocycles. The van der Waals surface area contributed by atoms with Gasteiger partial charge >= 0.3 is 0 Å². The van der Waals surface area contributed by atoms with Crippen LogP contribution in [0.25, 0.3) is 0 Å². The van der Waals surface area contributed by atoms with Crippen molar-refractivity contribution in [1.29, 1.82) is 0 Å². The van der Waals surface area contributed by atoms with Crippen molar-refractivity contribution in [2.75, 3.05) is 13.1 Å². The van der Waals surface area contributed by atoms with E-state index in [1.807, 2.05) is 0 Å². The van der Waals surface area contributed by atoms with Gasteiger partial charge in [-0.2, -0.15) is 0 Å². The van der Waals surface area contributed by atoms with E-state index in [1.165, 1.54) is 70.9 Å². The summed E-state index contributed by atoms with van der Waals surface area (Å²) in [5.41, 5.74) is 0. The predicted molar refractivity (Wildman–Crippen MR) is 76.8 cm³/mol. The van der Waals surface area contributed by atoms with Crippen LogP contribution in [-0.4, -0.2) is 36.1 Å². The predicted octanol–water partition coefficient (Wildman–Crippen LogP) is 3.17. The van der Waals surface area contributed by atoms with Crippen molar-refractivity contribution in [2.45, 2.75) is 82.8 Å². The van der Waals surface area contributed by atoms with Gasteiger partial charge in [0, 0.05) is 18.1 Å². The van der Waals surface area contributed by atoms with Crippen LogP contribution >= 0.6 is 0 Å². The van der Waals surface area contributed by atoms with Gasteiger partial charge in [-0.3, -0.25) is 4.90 Å². The van der Waals surface area contributed by atoms with E-state index in [9.17, 15) is 0 Å². The number of nitrogens with zero attached hydrogens (tertiary/aromatic N) is 1. The Balaban J connectivity index is 1.53. The Hall–Kier alpha value is -0.0800. The van der Waals surface area contributed by atoms with Crippen LogP contribution < -0.4 is 5.32 Å². The molecule has 0 spiro atoms. The third-order valence-corrected chi connectivity index (χ3v) is 5.66. The van der Waals surface area contributed by atoms with Gasteiger partial charge in [0.05, 0.1) is 0 Å². The number of nitrogens with one attached hydrogen (secondary N) is 1. The molecule has 3 aliphatic rings. The highest BCUT2D eigenvalue weighted by molar-refractivity contribution is 4.93. The van der Waals surface area contributed by atoms with Crippen LogP contribution in [0.15, 0.2) is 0 Å². The van der Waals surface area contributed by atoms with Crippen LogP contribution in [0.2, 0.25) is 0 Å². The molecule has 0 bridgehead atoms. The van der Waals surface area contributed by atoms with Gasteiger partial charge in [-0.05, 0) is 64.5 Å². The highest BCUT2D eigenvalue weighted by Gasteiger charge is 2.38. The largest absolute Gasteiger partial charge is 0.314 e. The van der Waals surface area contributed by atoms with E-state index in [2.05, 4.69) is 17.1 Å². The van der Waals surface area contributed by atoms with Crippen LogP contribution in [0.1, 0.15) is 64.7 Å². The van der Waals surface area contributed by atoms with Crippen molar-refractivity contribution >= 4 is 0 Å². The molecule has 0 aromatic rings. The molecular formula is C16H30N2. The van der Waals surface area contributed by atoms with E-state index in [0.29, 0.717) is 0 Å². The summed E-state index contributed by atoms with van der Waals surface area (Å²) in [5, 5.41) is 3.72. The average Bonchev–Trinajstić information content (AvgIpc) is 2.84. The summed E-state index contributed by atoms with van der Waals surface area (Å²) in [5.74, 6) is 1.04. The molecule has 2 aliphatic heterocycles. The second kappa shape index (κ2) is 5.92. The van der Waals surface area contributed by atoms with E-state index < -0.39 is 0 Å². The van der Waals surface area contributed by atoms with Gasteiger partial charge < -0.3 is 5.32 Å². The van der Waals surface area contributed by atoms with E-state index in [0.717, 1.165) is 24.0 Å². The molecule has 4 unspecified atom stereocenters. The molecule has 4 atom stereocenters. The van der Waals surface area contributed by atoms with E-state index in [4.69, 9.17) is 0 Å². The number of fused-ring (bicyclic) bond motifs is 1. The van der Waals surface area contributed by atoms with Gasteiger partial charge in [-0.15, -0.1) is 0 Å². The topological polar surface area (TPSA) is 15.3 Å². The molecule has 3 fully saturated rings. The Morgan fingerprint density at radius 1 is 1.06 bits per heavy atom. The molecular weight excluding hydrogens is 220 g/mol. The van der Waals surface area contributed by atoms with Gasteiger partial charge in [0.1, 0.15) is 0 Å². The lowest BCUT2D eigenvalue weighted by atomic mass is 9.84. The molecule has 0 aromatic heterocycles. The highest BCUT2D eigenvalue weighted by atomic mass is 15.2. The second-order valence-electron chi connectivity index (χ2n) is 6.87. The molecule has 18 heavy (non-hydrogen) atoms. The number of piperidine rings is 1. The van der Waals surface area contributed by atoms with E-state index in [1.54, 1.807) is 0 Å². The lowest BCUT2D eigenvalue weighted by Gasteiger charge is -2.37. The van der Waals surface area contributed by atoms with Crippen LogP contribution in [0, 0.1) is 5.92 Å². The minimum absolute atomic E-state index is 0.800. The van der Waals surface area contributed by atoms with E-state index in [-0.39, 0.29) is 0 Å². The SMILES string of the molecule is CC(CC1CCCCN1)N1CCC2CCCCC21. The summed E-state index contributed by atoms with van der Waals surface area (Å²) in [6, 6.07) is 2.54. The number of hydrogen-bond donors (Lipinski definition) is 1. The lowest BCUT2D eigenvalue weighted by Crippen LogP contribution is -2.45. The number of likely N-dealkylation sites (tertiary alicyclic amines) is 1. The summed E-state index contributed by atoms with van der Waals surface area (Å²) >= 11 is 0. The van der Waals surface area contributed by atoms with Crippen LogP contribution in [0.3, 0.4) is 0 Å². The normalized spacial score (nSPS) is 39.5. The Kier molecular flexibility index (Phi) is 4.25. The molecule has 2 heterocycles. The molecule has 3 rings (SSSR count). The molecule has 0 amide bonds. The Labute approximate surface area is 113 Å². The first kappa shape index (κ1) is 12.9. The fourth-order valence-corrected chi connectivity index (χ4v) is 4.66. The zero-order chi connectivity index (χ0) is 12.4. The maximum absolute atomic E-state index is 3.72. The molecule has 2 saturated heterocycles. The first-order valence-electron chi connectivity index (χ1n) is 8.34. The molecule has 0 aromatic carbocycles. The number of rotatable bonds is 3. The van der Waals surface area contributed by atoms with Crippen molar-refractivity contribution < 1.29 is 0 Å². The third-order valence-electron chi connectivity index (χ3n) is 5.66. The summed E-state index contributed by atoms with van der Waals surface area (Å²) in [6.07, 6.45) is 13.1. The van der Waals surface area contributed by atoms with Crippen molar-refractivity contribution in [3.05, 3.63) is 0 Å². The summed E-state index contributed by atoms with van der Waals surface area (Å²) < 4.78 is 0. The third kappa shape index (κ3) is 2.75. The second-order valence-corrected chi connectivity index (χ2v) is 6.87. The van der Waals surface area contributed by atoms with Gasteiger partial charge in [0.15, 0.2) is 0 Å². The summed E-state index contributed by atoms with van der Waals surface area (Å²) in [4.78, 5) is 2.86. The fourth-order valence-electron chi connectivity index (χ4n) is 4.66. The van der Waals surface area contributed by atoms with Crippen molar-refractivity contribution in [3.63, 3.8) is 0 Å². The Morgan fingerprint density at radius 3 is 2.72 bits per heavy atom. The zero-order valence-electron chi connectivity index (χ0n) is 12.0. The molecule has 0 radical (unpaired) electrons. The fraction of sp³-hybridized carbons (Fsp3) is 1.00. The maximum Gasteiger partial charge on any atom is 0.0127 e. The van der Waals surface area contributed by atoms with Gasteiger partial charge in [-0.25, -0.2) is 0 Å². The van der Waals surface area contributed by atoms with Crippen molar-refractivity contribution in [1.82, 2.24) is 10.2 Å². The first-order chi connectivity index (χ1) is 8.84. The zero-order valence-corrected chi connectivity index (χ0v) is 12.0. The Bertz CT molecular complexity index is 260. The highest BCUT2D eigenvalue weighted by Crippen LogP contribution is 2.37. The monoisotopic (exact) mass is 250 g/mol. The molecule has 1 aliphatic carbocycles. The molecule has 1 N–H and O–H groups in total. The Morgan fingerprint density at radius 2 is 1.89 bits per heavy atom. The van der Waals surface area contributed by atoms with Crippen LogP contribution in [-0.2, 0) is 0 Å². The molecule has 2 heteroatoms. The summed E-state index contributed by atoms with van der Waals surface area (Å²) in [6.45, 7) is 5.11. The van der Waals surface area contributed by atoms with E-state index >= 15 is 0 Å². The minimum atomic E-state index is 0.800. The number of hydrogen-bond acceptors (Lipinski definition) is 2. The van der Waals surface area contributed by atoms with Crippen molar-refractivity contribution in [3.8, 4) is 0 Å². The lowest BCUT2D eigenvalue weighted by molar-refractivity contribution is 0.125. The average molecular weight is 250 g/mol. The minimum Gasteiger partial charge on any atom is -0.314 e. The first-order valence-corrected chi connectivity index (χ1v) is 8.34. The van der Waals surface area contributed by atoms with Gasteiger partial charge in [-0.1, -0.05) is 19.3 Å². The summed E-state index contributed by atoms with van der Waals surface area (Å²) in [7, 11) is 0. The van der Waals surface area contributed by atoms with Crippen molar-refractivity contribution in [2.24, 2.45) is 5.92 Å². The standard InChI is InChI=1S/C16H30N2/c1-13(12-15-7-4-5-10-17-15)18-11-9-14-6-2-3-8-16(14)18/h13-17H,2-12H2,1H3. The quantitative estimate of drug-likeness (QED) is 0.827.